The average Bonchev–Trinajstić information content (AvgIpc) is 2.45. The Morgan fingerprint density at radius 3 is 2.55 bits per heavy atom. The van der Waals surface area contributed by atoms with Crippen molar-refractivity contribution in [1.29, 1.82) is 0 Å². The first-order valence-corrected chi connectivity index (χ1v) is 7.54. The monoisotopic (exact) mass is 275 g/mol. The summed E-state index contributed by atoms with van der Waals surface area (Å²) in [4.78, 5) is 2.51. The van der Waals surface area contributed by atoms with E-state index in [0.717, 1.165) is 31.7 Å². The molecule has 4 nitrogen and oxygen atoms in total. The molecule has 4 N–H and O–H groups in total. The van der Waals surface area contributed by atoms with Crippen molar-refractivity contribution in [1.82, 2.24) is 4.90 Å². The summed E-state index contributed by atoms with van der Waals surface area (Å²) in [5.74, 6) is 0.892. The second-order valence-electron chi connectivity index (χ2n) is 6.33. The number of likely N-dealkylation sites (tertiary alicyclic amines) is 1. The molecule has 1 aromatic rings. The van der Waals surface area contributed by atoms with Crippen molar-refractivity contribution in [3.8, 4) is 5.75 Å². The molecule has 0 bridgehead atoms. The minimum atomic E-state index is -0.196. The number of methoxy groups -OCH3 is 1. The fraction of sp³-hybridized carbons (Fsp3) is 0.625. The van der Waals surface area contributed by atoms with Crippen LogP contribution in [-0.4, -0.2) is 37.2 Å². The molecule has 2 fully saturated rings. The first-order valence-electron chi connectivity index (χ1n) is 7.54. The molecule has 110 valence electrons. The highest BCUT2D eigenvalue weighted by atomic mass is 16.5. The zero-order chi connectivity index (χ0) is 14.2. The number of ether oxygens (including phenoxy) is 1. The van der Waals surface area contributed by atoms with Gasteiger partial charge in [0, 0.05) is 30.7 Å². The highest BCUT2D eigenvalue weighted by Crippen LogP contribution is 2.38. The third-order valence-corrected chi connectivity index (χ3v) is 4.95. The maximum absolute atomic E-state index is 6.65. The van der Waals surface area contributed by atoms with Crippen LogP contribution in [0, 0.1) is 0 Å². The van der Waals surface area contributed by atoms with E-state index in [-0.39, 0.29) is 5.54 Å². The summed E-state index contributed by atoms with van der Waals surface area (Å²) in [5.41, 5.74) is 13.5. The molecule has 1 heterocycles. The summed E-state index contributed by atoms with van der Waals surface area (Å²) in [6.45, 7) is 2.11. The van der Waals surface area contributed by atoms with Crippen LogP contribution in [-0.2, 0) is 5.54 Å². The van der Waals surface area contributed by atoms with Crippen molar-refractivity contribution in [3.05, 3.63) is 29.8 Å². The van der Waals surface area contributed by atoms with E-state index in [1.165, 1.54) is 18.4 Å². The van der Waals surface area contributed by atoms with Crippen LogP contribution in [0.4, 0.5) is 0 Å². The lowest BCUT2D eigenvalue weighted by molar-refractivity contribution is 0.0555. The van der Waals surface area contributed by atoms with Crippen molar-refractivity contribution in [2.45, 2.75) is 43.3 Å². The minimum Gasteiger partial charge on any atom is -0.497 e. The second-order valence-corrected chi connectivity index (χ2v) is 6.33. The molecule has 2 aliphatic rings. The first-order chi connectivity index (χ1) is 9.60. The van der Waals surface area contributed by atoms with E-state index >= 15 is 0 Å². The summed E-state index contributed by atoms with van der Waals surface area (Å²) in [5, 5.41) is 0. The van der Waals surface area contributed by atoms with E-state index in [0.29, 0.717) is 12.1 Å². The van der Waals surface area contributed by atoms with Gasteiger partial charge in [0.15, 0.2) is 0 Å². The zero-order valence-electron chi connectivity index (χ0n) is 12.2. The van der Waals surface area contributed by atoms with Gasteiger partial charge in [-0.05, 0) is 43.4 Å². The summed E-state index contributed by atoms with van der Waals surface area (Å²) >= 11 is 0. The molecule has 1 saturated carbocycles. The molecule has 0 spiro atoms. The largest absolute Gasteiger partial charge is 0.497 e. The Bertz CT molecular complexity index is 463. The molecule has 1 saturated heterocycles. The van der Waals surface area contributed by atoms with Crippen molar-refractivity contribution < 1.29 is 4.74 Å². The van der Waals surface area contributed by atoms with Gasteiger partial charge in [-0.15, -0.1) is 0 Å². The van der Waals surface area contributed by atoms with Gasteiger partial charge < -0.3 is 16.2 Å². The number of rotatable bonds is 3. The van der Waals surface area contributed by atoms with E-state index < -0.39 is 0 Å². The molecular formula is C16H25N3O. The molecule has 1 aromatic carbocycles. The van der Waals surface area contributed by atoms with E-state index in [2.05, 4.69) is 17.0 Å². The number of hydrogen-bond donors (Lipinski definition) is 2. The molecule has 1 aliphatic heterocycles. The molecule has 4 heteroatoms. The second kappa shape index (κ2) is 5.35. The van der Waals surface area contributed by atoms with Gasteiger partial charge in [0.1, 0.15) is 5.75 Å². The molecule has 3 rings (SSSR count). The van der Waals surface area contributed by atoms with Crippen LogP contribution in [0.2, 0.25) is 0 Å². The Labute approximate surface area is 121 Å². The van der Waals surface area contributed by atoms with Crippen LogP contribution in [0.1, 0.15) is 31.2 Å². The normalized spacial score (nSPS) is 31.9. The minimum absolute atomic E-state index is 0.196. The van der Waals surface area contributed by atoms with E-state index in [1.54, 1.807) is 7.11 Å². The molecule has 0 aromatic heterocycles. The predicted molar refractivity (Wildman–Crippen MR) is 80.7 cm³/mol. The fourth-order valence-electron chi connectivity index (χ4n) is 3.55. The van der Waals surface area contributed by atoms with Gasteiger partial charge in [0.25, 0.3) is 0 Å². The maximum atomic E-state index is 6.65. The maximum Gasteiger partial charge on any atom is 0.119 e. The van der Waals surface area contributed by atoms with E-state index in [4.69, 9.17) is 16.2 Å². The van der Waals surface area contributed by atoms with Gasteiger partial charge in [0.05, 0.1) is 7.11 Å². The lowest BCUT2D eigenvalue weighted by atomic mass is 9.75. The Morgan fingerprint density at radius 2 is 1.95 bits per heavy atom. The topological polar surface area (TPSA) is 64.5 Å². The van der Waals surface area contributed by atoms with Crippen molar-refractivity contribution in [2.75, 3.05) is 20.2 Å². The molecular weight excluding hydrogens is 250 g/mol. The van der Waals surface area contributed by atoms with Crippen LogP contribution >= 0.6 is 0 Å². The van der Waals surface area contributed by atoms with Gasteiger partial charge in [-0.2, -0.15) is 0 Å². The molecule has 1 aliphatic carbocycles. The Kier molecular flexibility index (Phi) is 3.71. The smallest absolute Gasteiger partial charge is 0.119 e. The van der Waals surface area contributed by atoms with E-state index in [1.807, 2.05) is 12.1 Å². The molecule has 0 amide bonds. The Morgan fingerprint density at radius 1 is 1.25 bits per heavy atom. The van der Waals surface area contributed by atoms with Gasteiger partial charge in [-0.25, -0.2) is 0 Å². The van der Waals surface area contributed by atoms with Crippen LogP contribution in [0.5, 0.6) is 5.75 Å². The Hall–Kier alpha value is -1.10. The van der Waals surface area contributed by atoms with Crippen molar-refractivity contribution in [3.63, 3.8) is 0 Å². The summed E-state index contributed by atoms with van der Waals surface area (Å²) in [6, 6.07) is 9.28. The number of nitrogens with zero attached hydrogens (tertiary/aromatic N) is 1. The molecule has 0 radical (unpaired) electrons. The van der Waals surface area contributed by atoms with Crippen LogP contribution in [0.3, 0.4) is 0 Å². The SMILES string of the molecule is COc1cccc(C2(N)CCC(N3CC(N)C3)CC2)c1. The predicted octanol–water partition coefficient (Wildman–Crippen LogP) is 1.43. The van der Waals surface area contributed by atoms with Gasteiger partial charge in [-0.3, -0.25) is 4.90 Å². The van der Waals surface area contributed by atoms with Gasteiger partial charge in [-0.1, -0.05) is 12.1 Å². The lowest BCUT2D eigenvalue weighted by Crippen LogP contribution is -2.60. The van der Waals surface area contributed by atoms with Gasteiger partial charge >= 0.3 is 0 Å². The molecule has 0 atom stereocenters. The van der Waals surface area contributed by atoms with E-state index in [9.17, 15) is 0 Å². The highest BCUT2D eigenvalue weighted by molar-refractivity contribution is 5.33. The number of hydrogen-bond acceptors (Lipinski definition) is 4. The highest BCUT2D eigenvalue weighted by Gasteiger charge is 2.38. The third kappa shape index (κ3) is 2.55. The number of nitrogens with two attached hydrogens (primary N) is 2. The summed E-state index contributed by atoms with van der Waals surface area (Å²) in [6.07, 6.45) is 4.41. The summed E-state index contributed by atoms with van der Waals surface area (Å²) < 4.78 is 5.31. The average molecular weight is 275 g/mol. The van der Waals surface area contributed by atoms with Crippen molar-refractivity contribution in [2.24, 2.45) is 11.5 Å². The van der Waals surface area contributed by atoms with Gasteiger partial charge in [0.2, 0.25) is 0 Å². The Balaban J connectivity index is 1.65. The lowest BCUT2D eigenvalue weighted by Gasteiger charge is -2.47. The van der Waals surface area contributed by atoms with Crippen LogP contribution in [0.15, 0.2) is 24.3 Å². The first kappa shape index (κ1) is 13.9. The third-order valence-electron chi connectivity index (χ3n) is 4.95. The number of benzene rings is 1. The molecule has 0 unspecified atom stereocenters. The van der Waals surface area contributed by atoms with Crippen molar-refractivity contribution >= 4 is 0 Å². The van der Waals surface area contributed by atoms with Crippen LogP contribution in [0.25, 0.3) is 0 Å². The van der Waals surface area contributed by atoms with Crippen LogP contribution < -0.4 is 16.2 Å². The quantitative estimate of drug-likeness (QED) is 0.876. The summed E-state index contributed by atoms with van der Waals surface area (Å²) in [7, 11) is 1.70. The standard InChI is InChI=1S/C16H25N3O/c1-20-15-4-2-3-12(9-15)16(18)7-5-14(6-8-16)19-10-13(17)11-19/h2-4,9,13-14H,5-8,10-11,17-18H2,1H3. The fourth-order valence-corrected chi connectivity index (χ4v) is 3.55. The zero-order valence-corrected chi connectivity index (χ0v) is 12.2. The molecule has 20 heavy (non-hydrogen) atoms.